The first-order chi connectivity index (χ1) is 12.3. The van der Waals surface area contributed by atoms with Crippen LogP contribution in [0.15, 0.2) is 46.4 Å². The van der Waals surface area contributed by atoms with Crippen LogP contribution in [0, 0.1) is 10.1 Å². The molecule has 2 amide bonds. The SMILES string of the molecule is O=C1NN(c2ccc(Cl)cc2)C(=O)/C1=C/c1cc(Br)cc([N+](=O)[O-])c1O. The van der Waals surface area contributed by atoms with Crippen molar-refractivity contribution in [3.63, 3.8) is 0 Å². The normalized spacial score (nSPS) is 15.5. The van der Waals surface area contributed by atoms with Gasteiger partial charge < -0.3 is 5.11 Å². The fourth-order valence-corrected chi connectivity index (χ4v) is 2.93. The molecule has 2 N–H and O–H groups in total. The Morgan fingerprint density at radius 3 is 2.50 bits per heavy atom. The Labute approximate surface area is 159 Å². The fourth-order valence-electron chi connectivity index (χ4n) is 2.34. The quantitative estimate of drug-likeness (QED) is 0.331. The van der Waals surface area contributed by atoms with E-state index in [2.05, 4.69) is 21.4 Å². The number of amides is 2. The summed E-state index contributed by atoms with van der Waals surface area (Å²) in [6.45, 7) is 0. The number of halogens is 2. The van der Waals surface area contributed by atoms with E-state index in [0.29, 0.717) is 15.2 Å². The number of benzene rings is 2. The standard InChI is InChI=1S/C16H9BrClN3O5/c17-9-5-8(14(22)13(7-9)21(25)26)6-12-15(23)19-20(16(12)24)11-3-1-10(18)2-4-11/h1-7,22H,(H,19,23)/b12-6+. The lowest BCUT2D eigenvalue weighted by Gasteiger charge is -2.14. The maximum Gasteiger partial charge on any atom is 0.312 e. The first-order valence-corrected chi connectivity index (χ1v) is 8.24. The fraction of sp³-hybridized carbons (Fsp3) is 0. The number of nitro benzene ring substituents is 1. The summed E-state index contributed by atoms with van der Waals surface area (Å²) in [6.07, 6.45) is 1.10. The lowest BCUT2D eigenvalue weighted by atomic mass is 10.1. The lowest BCUT2D eigenvalue weighted by molar-refractivity contribution is -0.385. The molecule has 0 saturated carbocycles. The number of hydrazine groups is 1. The Morgan fingerprint density at radius 2 is 1.88 bits per heavy atom. The van der Waals surface area contributed by atoms with Gasteiger partial charge in [-0.1, -0.05) is 27.5 Å². The van der Waals surface area contributed by atoms with Gasteiger partial charge in [-0.25, -0.2) is 5.01 Å². The molecule has 10 heteroatoms. The second kappa shape index (κ2) is 6.77. The molecular weight excluding hydrogens is 430 g/mol. The minimum atomic E-state index is -0.765. The van der Waals surface area contributed by atoms with Gasteiger partial charge in [0.15, 0.2) is 0 Å². The van der Waals surface area contributed by atoms with E-state index >= 15 is 0 Å². The molecule has 26 heavy (non-hydrogen) atoms. The lowest BCUT2D eigenvalue weighted by Crippen LogP contribution is -2.35. The van der Waals surface area contributed by atoms with Crippen molar-refractivity contribution >= 4 is 56.8 Å². The van der Waals surface area contributed by atoms with Crippen molar-refractivity contribution in [1.29, 1.82) is 0 Å². The first kappa shape index (κ1) is 17.9. The zero-order chi connectivity index (χ0) is 19.0. The number of nitrogens with zero attached hydrogens (tertiary/aromatic N) is 2. The van der Waals surface area contributed by atoms with Gasteiger partial charge in [-0.05, 0) is 36.4 Å². The Morgan fingerprint density at radius 1 is 1.23 bits per heavy atom. The van der Waals surface area contributed by atoms with E-state index in [-0.39, 0.29) is 11.1 Å². The summed E-state index contributed by atoms with van der Waals surface area (Å²) in [6, 6.07) is 8.69. The third kappa shape index (κ3) is 3.26. The molecule has 0 spiro atoms. The Kier molecular flexibility index (Phi) is 4.66. The van der Waals surface area contributed by atoms with Crippen LogP contribution in [0.2, 0.25) is 5.02 Å². The minimum Gasteiger partial charge on any atom is -0.502 e. The van der Waals surface area contributed by atoms with Crippen molar-refractivity contribution in [3.05, 3.63) is 67.1 Å². The Hall–Kier alpha value is -2.91. The molecule has 0 aliphatic carbocycles. The van der Waals surface area contributed by atoms with E-state index in [9.17, 15) is 24.8 Å². The topological polar surface area (TPSA) is 113 Å². The molecule has 1 heterocycles. The zero-order valence-electron chi connectivity index (χ0n) is 12.8. The van der Waals surface area contributed by atoms with Crippen molar-refractivity contribution in [2.75, 3.05) is 5.01 Å². The number of aromatic hydroxyl groups is 1. The number of phenolic OH excluding ortho intramolecular Hbond substituents is 1. The van der Waals surface area contributed by atoms with Crippen molar-refractivity contribution in [1.82, 2.24) is 5.43 Å². The predicted molar refractivity (Wildman–Crippen MR) is 97.5 cm³/mol. The number of hydrogen-bond acceptors (Lipinski definition) is 5. The van der Waals surface area contributed by atoms with E-state index in [4.69, 9.17) is 11.6 Å². The number of phenols is 1. The zero-order valence-corrected chi connectivity index (χ0v) is 15.1. The summed E-state index contributed by atoms with van der Waals surface area (Å²) >= 11 is 8.90. The van der Waals surface area contributed by atoms with Gasteiger partial charge >= 0.3 is 5.69 Å². The van der Waals surface area contributed by atoms with E-state index in [1.165, 1.54) is 6.07 Å². The van der Waals surface area contributed by atoms with Crippen LogP contribution in [0.4, 0.5) is 11.4 Å². The second-order valence-electron chi connectivity index (χ2n) is 5.24. The Balaban J connectivity index is 2.02. The molecule has 2 aromatic rings. The van der Waals surface area contributed by atoms with Crippen LogP contribution >= 0.6 is 27.5 Å². The highest BCUT2D eigenvalue weighted by molar-refractivity contribution is 9.10. The first-order valence-electron chi connectivity index (χ1n) is 7.07. The van der Waals surface area contributed by atoms with Gasteiger partial charge in [0.05, 0.1) is 10.6 Å². The smallest absolute Gasteiger partial charge is 0.312 e. The molecule has 0 aromatic heterocycles. The molecule has 0 radical (unpaired) electrons. The summed E-state index contributed by atoms with van der Waals surface area (Å²) in [5, 5.41) is 22.5. The summed E-state index contributed by atoms with van der Waals surface area (Å²) in [4.78, 5) is 34.9. The highest BCUT2D eigenvalue weighted by Crippen LogP contribution is 2.35. The molecule has 1 aliphatic rings. The van der Waals surface area contributed by atoms with Crippen LogP contribution in [-0.4, -0.2) is 21.8 Å². The van der Waals surface area contributed by atoms with Gasteiger partial charge in [0.2, 0.25) is 5.75 Å². The number of nitrogens with one attached hydrogen (secondary N) is 1. The largest absolute Gasteiger partial charge is 0.502 e. The summed E-state index contributed by atoms with van der Waals surface area (Å²) in [7, 11) is 0. The number of nitro groups is 1. The number of rotatable bonds is 3. The van der Waals surface area contributed by atoms with Crippen LogP contribution in [-0.2, 0) is 9.59 Å². The molecule has 8 nitrogen and oxygen atoms in total. The van der Waals surface area contributed by atoms with Gasteiger partial charge in [-0.3, -0.25) is 25.1 Å². The molecule has 0 unspecified atom stereocenters. The van der Waals surface area contributed by atoms with E-state index in [1.54, 1.807) is 24.3 Å². The van der Waals surface area contributed by atoms with Crippen molar-refractivity contribution in [3.8, 4) is 5.75 Å². The van der Waals surface area contributed by atoms with Gasteiger partial charge in [0.25, 0.3) is 11.8 Å². The number of hydrogen-bond donors (Lipinski definition) is 2. The Bertz CT molecular complexity index is 975. The van der Waals surface area contributed by atoms with Crippen LogP contribution in [0.5, 0.6) is 5.75 Å². The summed E-state index contributed by atoms with van der Waals surface area (Å²) in [5.74, 6) is -2.01. The van der Waals surface area contributed by atoms with Crippen molar-refractivity contribution < 1.29 is 19.6 Å². The summed E-state index contributed by atoms with van der Waals surface area (Å²) in [5.41, 5.74) is 1.91. The van der Waals surface area contributed by atoms with Crippen LogP contribution < -0.4 is 10.4 Å². The minimum absolute atomic E-state index is 0.0393. The number of anilines is 1. The average molecular weight is 439 g/mol. The maximum atomic E-state index is 12.5. The third-order valence-corrected chi connectivity index (χ3v) is 4.27. The number of carbonyl (C=O) groups is 2. The monoisotopic (exact) mass is 437 g/mol. The molecule has 0 atom stereocenters. The van der Waals surface area contributed by atoms with Crippen LogP contribution in [0.3, 0.4) is 0 Å². The van der Waals surface area contributed by atoms with E-state index in [1.807, 2.05) is 0 Å². The molecule has 1 saturated heterocycles. The average Bonchev–Trinajstić information content (AvgIpc) is 2.86. The maximum absolute atomic E-state index is 12.5. The molecule has 1 fully saturated rings. The number of carbonyl (C=O) groups excluding carboxylic acids is 2. The van der Waals surface area contributed by atoms with Crippen LogP contribution in [0.25, 0.3) is 6.08 Å². The molecule has 1 aliphatic heterocycles. The van der Waals surface area contributed by atoms with Crippen molar-refractivity contribution in [2.45, 2.75) is 0 Å². The predicted octanol–water partition coefficient (Wildman–Crippen LogP) is 3.18. The highest BCUT2D eigenvalue weighted by Gasteiger charge is 2.35. The molecular formula is C16H9BrClN3O5. The molecule has 132 valence electrons. The van der Waals surface area contributed by atoms with Gasteiger partial charge in [-0.2, -0.15) is 0 Å². The highest BCUT2D eigenvalue weighted by atomic mass is 79.9. The van der Waals surface area contributed by atoms with Gasteiger partial charge in [-0.15, -0.1) is 0 Å². The van der Waals surface area contributed by atoms with E-state index < -0.39 is 28.2 Å². The van der Waals surface area contributed by atoms with Gasteiger partial charge in [0, 0.05) is 21.1 Å². The molecule has 2 aromatic carbocycles. The van der Waals surface area contributed by atoms with Crippen LogP contribution in [0.1, 0.15) is 5.56 Å². The molecule has 3 rings (SSSR count). The van der Waals surface area contributed by atoms with Crippen molar-refractivity contribution in [2.24, 2.45) is 0 Å². The summed E-state index contributed by atoms with van der Waals surface area (Å²) < 4.78 is 0.314. The molecule has 0 bridgehead atoms. The second-order valence-corrected chi connectivity index (χ2v) is 6.59. The van der Waals surface area contributed by atoms with Gasteiger partial charge in [0.1, 0.15) is 5.57 Å². The third-order valence-electron chi connectivity index (χ3n) is 3.56. The van der Waals surface area contributed by atoms with E-state index in [0.717, 1.165) is 17.2 Å².